The minimum absolute atomic E-state index is 0.0507. The van der Waals surface area contributed by atoms with Crippen LogP contribution in [0.15, 0.2) is 24.3 Å². The van der Waals surface area contributed by atoms with E-state index in [0.29, 0.717) is 18.1 Å². The average molecular weight is 295 g/mol. The van der Waals surface area contributed by atoms with Crippen LogP contribution in [0.5, 0.6) is 0 Å². The number of thiocarbonyl (C=S) groups is 1. The molecule has 20 heavy (non-hydrogen) atoms. The minimum Gasteiger partial charge on any atom is -0.389 e. The number of nitrogens with two attached hydrogens (primary N) is 1. The number of nitrogens with zero attached hydrogens (tertiary/aromatic N) is 1. The fourth-order valence-electron chi connectivity index (χ4n) is 1.70. The van der Waals surface area contributed by atoms with Gasteiger partial charge in [-0.05, 0) is 19.1 Å². The highest BCUT2D eigenvalue weighted by Crippen LogP contribution is 2.17. The second kappa shape index (κ2) is 7.81. The lowest BCUT2D eigenvalue weighted by Gasteiger charge is -2.26. The van der Waals surface area contributed by atoms with Crippen LogP contribution in [0.3, 0.4) is 0 Å². The average Bonchev–Trinajstić information content (AvgIpc) is 2.45. The largest absolute Gasteiger partial charge is 0.389 e. The molecular formula is C14H21N3O2S. The van der Waals surface area contributed by atoms with Gasteiger partial charge < -0.3 is 20.7 Å². The molecule has 0 aliphatic heterocycles. The van der Waals surface area contributed by atoms with Crippen LogP contribution < -0.4 is 16.0 Å². The highest BCUT2D eigenvalue weighted by Gasteiger charge is 2.18. The molecule has 1 aromatic rings. The maximum atomic E-state index is 12.0. The van der Waals surface area contributed by atoms with Crippen molar-refractivity contribution >= 4 is 28.8 Å². The van der Waals surface area contributed by atoms with E-state index in [1.807, 2.05) is 43.1 Å². The van der Waals surface area contributed by atoms with Crippen molar-refractivity contribution in [3.05, 3.63) is 29.8 Å². The summed E-state index contributed by atoms with van der Waals surface area (Å²) in [5.41, 5.74) is 7.30. The van der Waals surface area contributed by atoms with Crippen molar-refractivity contribution < 1.29 is 9.53 Å². The summed E-state index contributed by atoms with van der Waals surface area (Å²) >= 11 is 4.96. The molecule has 0 radical (unpaired) electrons. The third-order valence-electron chi connectivity index (χ3n) is 3.10. The van der Waals surface area contributed by atoms with Crippen LogP contribution in [0.1, 0.15) is 12.5 Å². The Kier molecular flexibility index (Phi) is 6.41. The Balaban J connectivity index is 2.73. The van der Waals surface area contributed by atoms with Gasteiger partial charge in [0.25, 0.3) is 0 Å². The summed E-state index contributed by atoms with van der Waals surface area (Å²) in [5.74, 6) is -0.0507. The Bertz CT molecular complexity index is 479. The molecule has 0 aliphatic carbocycles. The molecule has 0 aromatic heterocycles. The molecule has 0 heterocycles. The summed E-state index contributed by atoms with van der Waals surface area (Å²) in [6.07, 6.45) is 0. The number of nitrogens with one attached hydrogen (secondary N) is 1. The third kappa shape index (κ3) is 4.47. The second-order valence-corrected chi connectivity index (χ2v) is 4.93. The predicted octanol–water partition coefficient (Wildman–Crippen LogP) is 0.908. The van der Waals surface area contributed by atoms with Gasteiger partial charge in [-0.3, -0.25) is 4.79 Å². The van der Waals surface area contributed by atoms with Crippen LogP contribution >= 0.6 is 12.2 Å². The Hall–Kier alpha value is -1.66. The molecule has 1 atom stereocenters. The summed E-state index contributed by atoms with van der Waals surface area (Å²) in [7, 11) is 3.46. The van der Waals surface area contributed by atoms with Crippen molar-refractivity contribution in [3.63, 3.8) is 0 Å². The maximum Gasteiger partial charge on any atom is 0.242 e. The van der Waals surface area contributed by atoms with Crippen molar-refractivity contribution in [2.24, 2.45) is 5.73 Å². The van der Waals surface area contributed by atoms with E-state index >= 15 is 0 Å². The van der Waals surface area contributed by atoms with Gasteiger partial charge in [-0.2, -0.15) is 0 Å². The van der Waals surface area contributed by atoms with Gasteiger partial charge in [0.2, 0.25) is 5.91 Å². The maximum absolute atomic E-state index is 12.0. The smallest absolute Gasteiger partial charge is 0.242 e. The number of hydrogen-bond acceptors (Lipinski definition) is 4. The van der Waals surface area contributed by atoms with Gasteiger partial charge >= 0.3 is 0 Å². The fraction of sp³-hybridized carbons (Fsp3) is 0.429. The Morgan fingerprint density at radius 1 is 1.55 bits per heavy atom. The molecule has 3 N–H and O–H groups in total. The van der Waals surface area contributed by atoms with Crippen molar-refractivity contribution in [3.8, 4) is 0 Å². The topological polar surface area (TPSA) is 67.6 Å². The molecule has 1 amide bonds. The molecular weight excluding hydrogens is 274 g/mol. The minimum atomic E-state index is -0.298. The van der Waals surface area contributed by atoms with E-state index in [4.69, 9.17) is 22.7 Å². The van der Waals surface area contributed by atoms with E-state index < -0.39 is 0 Å². The van der Waals surface area contributed by atoms with E-state index in [0.717, 1.165) is 11.3 Å². The van der Waals surface area contributed by atoms with Crippen LogP contribution in [0.2, 0.25) is 0 Å². The quantitative estimate of drug-likeness (QED) is 0.578. The van der Waals surface area contributed by atoms with Crippen molar-refractivity contribution in [1.29, 1.82) is 0 Å². The van der Waals surface area contributed by atoms with Crippen LogP contribution in [-0.2, 0) is 9.53 Å². The lowest BCUT2D eigenvalue weighted by molar-refractivity contribution is -0.122. The predicted molar refractivity (Wildman–Crippen MR) is 85.1 cm³/mol. The molecule has 0 spiro atoms. The van der Waals surface area contributed by atoms with Crippen molar-refractivity contribution in [1.82, 2.24) is 5.32 Å². The van der Waals surface area contributed by atoms with Gasteiger partial charge in [0.1, 0.15) is 11.0 Å². The summed E-state index contributed by atoms with van der Waals surface area (Å²) < 4.78 is 4.90. The SMILES string of the molecule is COCCNC(=O)C(C)N(C)c1cccc(C(N)=S)c1. The summed E-state index contributed by atoms with van der Waals surface area (Å²) in [6.45, 7) is 2.84. The van der Waals surface area contributed by atoms with Gasteiger partial charge in [-0.1, -0.05) is 24.4 Å². The number of anilines is 1. The van der Waals surface area contributed by atoms with Crippen LogP contribution in [-0.4, -0.2) is 44.2 Å². The monoisotopic (exact) mass is 295 g/mol. The van der Waals surface area contributed by atoms with Gasteiger partial charge in [0.05, 0.1) is 6.61 Å². The molecule has 1 unspecified atom stereocenters. The summed E-state index contributed by atoms with van der Waals surface area (Å²) in [6, 6.07) is 7.22. The van der Waals surface area contributed by atoms with Crippen LogP contribution in [0, 0.1) is 0 Å². The first-order valence-electron chi connectivity index (χ1n) is 6.36. The van der Waals surface area contributed by atoms with E-state index in [-0.39, 0.29) is 11.9 Å². The van der Waals surface area contributed by atoms with E-state index in [2.05, 4.69) is 5.32 Å². The number of ether oxygens (including phenoxy) is 1. The first kappa shape index (κ1) is 16.4. The lowest BCUT2D eigenvalue weighted by atomic mass is 10.1. The lowest BCUT2D eigenvalue weighted by Crippen LogP contribution is -2.44. The molecule has 110 valence electrons. The number of hydrogen-bond donors (Lipinski definition) is 2. The highest BCUT2D eigenvalue weighted by molar-refractivity contribution is 7.80. The van der Waals surface area contributed by atoms with Gasteiger partial charge in [0.15, 0.2) is 0 Å². The fourth-order valence-corrected chi connectivity index (χ4v) is 1.83. The normalized spacial score (nSPS) is 11.8. The Morgan fingerprint density at radius 2 is 2.25 bits per heavy atom. The first-order valence-corrected chi connectivity index (χ1v) is 6.77. The first-order chi connectivity index (χ1) is 9.47. The molecule has 5 nitrogen and oxygen atoms in total. The summed E-state index contributed by atoms with van der Waals surface area (Å²) in [5, 5.41) is 2.82. The van der Waals surface area contributed by atoms with Crippen LogP contribution in [0.4, 0.5) is 5.69 Å². The number of carbonyl (C=O) groups is 1. The summed E-state index contributed by atoms with van der Waals surface area (Å²) in [4.78, 5) is 14.2. The Labute approximate surface area is 125 Å². The zero-order valence-electron chi connectivity index (χ0n) is 12.1. The number of carbonyl (C=O) groups excluding carboxylic acids is 1. The molecule has 0 saturated heterocycles. The van der Waals surface area contributed by atoms with Gasteiger partial charge in [-0.15, -0.1) is 0 Å². The molecule has 1 rings (SSSR count). The van der Waals surface area contributed by atoms with Gasteiger partial charge in [0, 0.05) is 32.0 Å². The third-order valence-corrected chi connectivity index (χ3v) is 3.34. The molecule has 0 saturated carbocycles. The number of rotatable bonds is 7. The standard InChI is InChI=1S/C14H21N3O2S/c1-10(14(18)16-7-8-19-3)17(2)12-6-4-5-11(9-12)13(15)20/h4-6,9-10H,7-8H2,1-3H3,(H2,15,20)(H,16,18). The van der Waals surface area contributed by atoms with E-state index in [1.54, 1.807) is 7.11 Å². The highest BCUT2D eigenvalue weighted by atomic mass is 32.1. The number of likely N-dealkylation sites (N-methyl/N-ethyl adjacent to an activating group) is 1. The van der Waals surface area contributed by atoms with E-state index in [1.165, 1.54) is 0 Å². The van der Waals surface area contributed by atoms with Crippen molar-refractivity contribution in [2.45, 2.75) is 13.0 Å². The zero-order valence-corrected chi connectivity index (χ0v) is 12.9. The second-order valence-electron chi connectivity index (χ2n) is 4.49. The Morgan fingerprint density at radius 3 is 2.85 bits per heavy atom. The molecule has 1 aromatic carbocycles. The van der Waals surface area contributed by atoms with E-state index in [9.17, 15) is 4.79 Å². The van der Waals surface area contributed by atoms with Crippen LogP contribution in [0.25, 0.3) is 0 Å². The molecule has 0 fully saturated rings. The number of benzene rings is 1. The molecule has 0 aliphatic rings. The zero-order chi connectivity index (χ0) is 15.1. The van der Waals surface area contributed by atoms with Crippen molar-refractivity contribution in [2.75, 3.05) is 32.2 Å². The number of amides is 1. The molecule has 6 heteroatoms. The molecule has 0 bridgehead atoms. The number of methoxy groups -OCH3 is 1. The van der Waals surface area contributed by atoms with Gasteiger partial charge in [-0.25, -0.2) is 0 Å².